The predicted octanol–water partition coefficient (Wildman–Crippen LogP) is 1.12. The van der Waals surface area contributed by atoms with Crippen LogP contribution >= 0.6 is 0 Å². The van der Waals surface area contributed by atoms with E-state index in [1.54, 1.807) is 0 Å². The Hall–Kier alpha value is -1.04. The van der Waals surface area contributed by atoms with E-state index in [4.69, 9.17) is 10.5 Å². The summed E-state index contributed by atoms with van der Waals surface area (Å²) in [6.45, 7) is 3.06. The van der Waals surface area contributed by atoms with Crippen molar-refractivity contribution in [2.24, 2.45) is 5.73 Å². The average Bonchev–Trinajstić information content (AvgIpc) is 2.28. The minimum Gasteiger partial charge on any atom is -0.374 e. The fourth-order valence-corrected chi connectivity index (χ4v) is 2.03. The molecule has 3 nitrogen and oxygen atoms in total. The normalized spacial score (nSPS) is 21.7. The summed E-state index contributed by atoms with van der Waals surface area (Å²) < 4.78 is 31.5. The molecule has 1 aromatic rings. The van der Waals surface area contributed by atoms with E-state index in [0.717, 1.165) is 12.6 Å². The SMILES string of the molecule is NCC1CN(Cc2cc(F)cc(F)c2)CCO1. The van der Waals surface area contributed by atoms with Gasteiger partial charge in [0.1, 0.15) is 11.6 Å². The second-order valence-corrected chi connectivity index (χ2v) is 4.24. The van der Waals surface area contributed by atoms with Gasteiger partial charge in [-0.2, -0.15) is 0 Å². The van der Waals surface area contributed by atoms with Gasteiger partial charge in [0.2, 0.25) is 0 Å². The molecule has 1 fully saturated rings. The maximum Gasteiger partial charge on any atom is 0.126 e. The number of halogens is 2. The standard InChI is InChI=1S/C12H16F2N2O/c13-10-3-9(4-11(14)5-10)7-16-1-2-17-12(6-15)8-16/h3-5,12H,1-2,6-8,15H2. The minimum atomic E-state index is -0.538. The van der Waals surface area contributed by atoms with Crippen molar-refractivity contribution in [1.82, 2.24) is 4.90 Å². The summed E-state index contributed by atoms with van der Waals surface area (Å²) in [7, 11) is 0. The van der Waals surface area contributed by atoms with Gasteiger partial charge in [0.15, 0.2) is 0 Å². The van der Waals surface area contributed by atoms with Crippen LogP contribution in [0.25, 0.3) is 0 Å². The summed E-state index contributed by atoms with van der Waals surface area (Å²) in [5.41, 5.74) is 6.17. The molecule has 1 aliphatic heterocycles. The molecule has 1 atom stereocenters. The Balaban J connectivity index is 2.00. The zero-order chi connectivity index (χ0) is 12.3. The van der Waals surface area contributed by atoms with Crippen LogP contribution < -0.4 is 5.73 Å². The first-order valence-electron chi connectivity index (χ1n) is 5.66. The third kappa shape index (κ3) is 3.46. The minimum absolute atomic E-state index is 0.0159. The molecule has 94 valence electrons. The van der Waals surface area contributed by atoms with Crippen molar-refractivity contribution in [2.45, 2.75) is 12.6 Å². The second-order valence-electron chi connectivity index (χ2n) is 4.24. The second kappa shape index (κ2) is 5.53. The van der Waals surface area contributed by atoms with Crippen LogP contribution in [0.15, 0.2) is 18.2 Å². The molecule has 0 radical (unpaired) electrons. The Bertz CT molecular complexity index is 367. The first-order chi connectivity index (χ1) is 8.17. The van der Waals surface area contributed by atoms with Crippen molar-refractivity contribution >= 4 is 0 Å². The molecule has 2 N–H and O–H groups in total. The Morgan fingerprint density at radius 1 is 1.29 bits per heavy atom. The molecule has 2 rings (SSSR count). The van der Waals surface area contributed by atoms with Gasteiger partial charge in [0.05, 0.1) is 12.7 Å². The van der Waals surface area contributed by atoms with E-state index in [2.05, 4.69) is 4.90 Å². The maximum absolute atomic E-state index is 13.0. The zero-order valence-corrected chi connectivity index (χ0v) is 9.53. The van der Waals surface area contributed by atoms with E-state index in [1.807, 2.05) is 0 Å². The van der Waals surface area contributed by atoms with Crippen LogP contribution in [-0.4, -0.2) is 37.2 Å². The molecule has 1 saturated heterocycles. The summed E-state index contributed by atoms with van der Waals surface area (Å²) in [5, 5.41) is 0. The molecule has 1 heterocycles. The molecule has 0 spiro atoms. The van der Waals surface area contributed by atoms with Crippen LogP contribution in [0.3, 0.4) is 0 Å². The molecule has 1 unspecified atom stereocenters. The van der Waals surface area contributed by atoms with Crippen molar-refractivity contribution in [3.05, 3.63) is 35.4 Å². The molecular formula is C12H16F2N2O. The van der Waals surface area contributed by atoms with Gasteiger partial charge in [-0.15, -0.1) is 0 Å². The topological polar surface area (TPSA) is 38.5 Å². The monoisotopic (exact) mass is 242 g/mol. The third-order valence-corrected chi connectivity index (χ3v) is 2.81. The maximum atomic E-state index is 13.0. The first-order valence-corrected chi connectivity index (χ1v) is 5.66. The van der Waals surface area contributed by atoms with Gasteiger partial charge in [-0.1, -0.05) is 0 Å². The molecule has 5 heteroatoms. The number of benzene rings is 1. The molecule has 17 heavy (non-hydrogen) atoms. The molecule has 0 bridgehead atoms. The number of rotatable bonds is 3. The Labute approximate surface area is 99.2 Å². The number of nitrogens with two attached hydrogens (primary N) is 1. The number of ether oxygens (including phenoxy) is 1. The summed E-state index contributed by atoms with van der Waals surface area (Å²) in [4.78, 5) is 2.09. The highest BCUT2D eigenvalue weighted by Crippen LogP contribution is 2.13. The molecule has 1 aromatic carbocycles. The highest BCUT2D eigenvalue weighted by atomic mass is 19.1. The zero-order valence-electron chi connectivity index (χ0n) is 9.53. The van der Waals surface area contributed by atoms with E-state index >= 15 is 0 Å². The van der Waals surface area contributed by atoms with Gasteiger partial charge < -0.3 is 10.5 Å². The first kappa shape index (κ1) is 12.4. The third-order valence-electron chi connectivity index (χ3n) is 2.81. The fourth-order valence-electron chi connectivity index (χ4n) is 2.03. The lowest BCUT2D eigenvalue weighted by Crippen LogP contribution is -2.45. The molecule has 0 amide bonds. The smallest absolute Gasteiger partial charge is 0.126 e. The van der Waals surface area contributed by atoms with Crippen molar-refractivity contribution in [2.75, 3.05) is 26.2 Å². The number of morpholine rings is 1. The number of nitrogens with zero attached hydrogens (tertiary/aromatic N) is 1. The molecular weight excluding hydrogens is 226 g/mol. The predicted molar refractivity (Wildman–Crippen MR) is 60.4 cm³/mol. The van der Waals surface area contributed by atoms with Crippen molar-refractivity contribution in [3.63, 3.8) is 0 Å². The van der Waals surface area contributed by atoms with E-state index in [0.29, 0.717) is 31.8 Å². The quantitative estimate of drug-likeness (QED) is 0.863. The van der Waals surface area contributed by atoms with Crippen LogP contribution in [0.1, 0.15) is 5.56 Å². The largest absolute Gasteiger partial charge is 0.374 e. The Morgan fingerprint density at radius 2 is 2.00 bits per heavy atom. The average molecular weight is 242 g/mol. The van der Waals surface area contributed by atoms with Gasteiger partial charge in [0, 0.05) is 32.2 Å². The lowest BCUT2D eigenvalue weighted by atomic mass is 10.1. The van der Waals surface area contributed by atoms with Crippen LogP contribution in [0, 0.1) is 11.6 Å². The summed E-state index contributed by atoms with van der Waals surface area (Å²) in [5.74, 6) is -1.08. The molecule has 0 saturated carbocycles. The van der Waals surface area contributed by atoms with Crippen molar-refractivity contribution < 1.29 is 13.5 Å². The summed E-state index contributed by atoms with van der Waals surface area (Å²) in [6, 6.07) is 3.59. The summed E-state index contributed by atoms with van der Waals surface area (Å²) >= 11 is 0. The van der Waals surface area contributed by atoms with Gasteiger partial charge in [-0.3, -0.25) is 4.90 Å². The Morgan fingerprint density at radius 3 is 2.65 bits per heavy atom. The Kier molecular flexibility index (Phi) is 4.04. The lowest BCUT2D eigenvalue weighted by Gasteiger charge is -2.32. The number of hydrogen-bond donors (Lipinski definition) is 1. The van der Waals surface area contributed by atoms with Gasteiger partial charge in [-0.25, -0.2) is 8.78 Å². The van der Waals surface area contributed by atoms with E-state index < -0.39 is 11.6 Å². The van der Waals surface area contributed by atoms with Crippen LogP contribution in [0.4, 0.5) is 8.78 Å². The fraction of sp³-hybridized carbons (Fsp3) is 0.500. The van der Waals surface area contributed by atoms with Gasteiger partial charge in [-0.05, 0) is 17.7 Å². The van der Waals surface area contributed by atoms with Crippen LogP contribution in [-0.2, 0) is 11.3 Å². The highest BCUT2D eigenvalue weighted by Gasteiger charge is 2.19. The van der Waals surface area contributed by atoms with Gasteiger partial charge >= 0.3 is 0 Å². The molecule has 1 aliphatic rings. The van der Waals surface area contributed by atoms with Crippen molar-refractivity contribution in [3.8, 4) is 0 Å². The lowest BCUT2D eigenvalue weighted by molar-refractivity contribution is -0.0260. The van der Waals surface area contributed by atoms with E-state index in [1.165, 1.54) is 12.1 Å². The number of hydrogen-bond acceptors (Lipinski definition) is 3. The van der Waals surface area contributed by atoms with Crippen LogP contribution in [0.2, 0.25) is 0 Å². The van der Waals surface area contributed by atoms with Crippen LogP contribution in [0.5, 0.6) is 0 Å². The van der Waals surface area contributed by atoms with E-state index in [9.17, 15) is 8.78 Å². The molecule has 0 aromatic heterocycles. The van der Waals surface area contributed by atoms with Gasteiger partial charge in [0.25, 0.3) is 0 Å². The summed E-state index contributed by atoms with van der Waals surface area (Å²) in [6.07, 6.45) is 0.0159. The van der Waals surface area contributed by atoms with Crippen molar-refractivity contribution in [1.29, 1.82) is 0 Å². The van der Waals surface area contributed by atoms with E-state index in [-0.39, 0.29) is 6.10 Å². The molecule has 0 aliphatic carbocycles. The highest BCUT2D eigenvalue weighted by molar-refractivity contribution is 5.17.